The van der Waals surface area contributed by atoms with E-state index in [4.69, 9.17) is 5.73 Å². The van der Waals surface area contributed by atoms with E-state index in [9.17, 15) is 4.39 Å². The fraction of sp³-hybridized carbons (Fsp3) is 0.333. The van der Waals surface area contributed by atoms with Gasteiger partial charge >= 0.3 is 0 Å². The van der Waals surface area contributed by atoms with Crippen molar-refractivity contribution in [2.75, 3.05) is 6.54 Å². The Kier molecular flexibility index (Phi) is 3.69. The van der Waals surface area contributed by atoms with Crippen LogP contribution in [0.15, 0.2) is 22.7 Å². The predicted molar refractivity (Wildman–Crippen MR) is 51.5 cm³/mol. The second kappa shape index (κ2) is 4.58. The summed E-state index contributed by atoms with van der Waals surface area (Å²) in [7, 11) is 0. The van der Waals surface area contributed by atoms with E-state index >= 15 is 0 Å². The van der Waals surface area contributed by atoms with Gasteiger partial charge in [-0.2, -0.15) is 0 Å². The molecule has 0 heterocycles. The molecule has 0 aliphatic rings. The number of aryl methyl sites for hydroxylation is 1. The number of halogens is 2. The molecule has 0 aromatic heterocycles. The van der Waals surface area contributed by atoms with Crippen LogP contribution < -0.4 is 5.73 Å². The number of hydrogen-bond donors (Lipinski definition) is 1. The normalized spacial score (nSPS) is 10.2. The highest BCUT2D eigenvalue weighted by atomic mass is 79.9. The number of benzene rings is 1. The minimum Gasteiger partial charge on any atom is -0.330 e. The predicted octanol–water partition coefficient (Wildman–Crippen LogP) is 2.48. The van der Waals surface area contributed by atoms with Crippen molar-refractivity contribution in [3.8, 4) is 0 Å². The smallest absolute Gasteiger partial charge is 0.137 e. The van der Waals surface area contributed by atoms with E-state index in [0.29, 0.717) is 11.0 Å². The topological polar surface area (TPSA) is 26.0 Å². The molecular formula is C9H11BrFN. The van der Waals surface area contributed by atoms with E-state index in [1.807, 2.05) is 6.07 Å². The average molecular weight is 232 g/mol. The highest BCUT2D eigenvalue weighted by Gasteiger charge is 1.99. The molecule has 0 amide bonds. The van der Waals surface area contributed by atoms with Crippen LogP contribution in [0.5, 0.6) is 0 Å². The molecule has 1 rings (SSSR count). The van der Waals surface area contributed by atoms with E-state index in [2.05, 4.69) is 15.9 Å². The summed E-state index contributed by atoms with van der Waals surface area (Å²) in [6.07, 6.45) is 1.75. The Morgan fingerprint density at radius 3 is 2.75 bits per heavy atom. The van der Waals surface area contributed by atoms with E-state index in [1.165, 1.54) is 0 Å². The van der Waals surface area contributed by atoms with Gasteiger partial charge in [0.05, 0.1) is 4.47 Å². The van der Waals surface area contributed by atoms with Crippen molar-refractivity contribution in [3.63, 3.8) is 0 Å². The maximum Gasteiger partial charge on any atom is 0.137 e. The van der Waals surface area contributed by atoms with Crippen LogP contribution in [-0.4, -0.2) is 6.54 Å². The molecule has 0 radical (unpaired) electrons. The van der Waals surface area contributed by atoms with Crippen molar-refractivity contribution < 1.29 is 4.39 Å². The van der Waals surface area contributed by atoms with Gasteiger partial charge in [-0.05, 0) is 53.0 Å². The molecule has 2 N–H and O–H groups in total. The average Bonchev–Trinajstić information content (AvgIpc) is 2.07. The molecule has 0 bridgehead atoms. The monoisotopic (exact) mass is 231 g/mol. The van der Waals surface area contributed by atoms with Crippen molar-refractivity contribution in [3.05, 3.63) is 34.1 Å². The van der Waals surface area contributed by atoms with Crippen molar-refractivity contribution in [1.82, 2.24) is 0 Å². The third kappa shape index (κ3) is 2.57. The van der Waals surface area contributed by atoms with Gasteiger partial charge < -0.3 is 5.73 Å². The molecule has 0 atom stereocenters. The molecule has 1 nitrogen and oxygen atoms in total. The highest BCUT2D eigenvalue weighted by Crippen LogP contribution is 2.16. The Labute approximate surface area is 79.9 Å². The molecule has 1 aromatic rings. The molecule has 12 heavy (non-hydrogen) atoms. The van der Waals surface area contributed by atoms with Crippen LogP contribution in [0.4, 0.5) is 4.39 Å². The van der Waals surface area contributed by atoms with Gasteiger partial charge in [0.2, 0.25) is 0 Å². The first-order chi connectivity index (χ1) is 5.74. The molecule has 0 aliphatic heterocycles. The third-order valence-corrected chi connectivity index (χ3v) is 2.30. The minimum absolute atomic E-state index is 0.204. The molecule has 1 aromatic carbocycles. The molecule has 0 fully saturated rings. The van der Waals surface area contributed by atoms with Crippen LogP contribution in [-0.2, 0) is 6.42 Å². The van der Waals surface area contributed by atoms with Gasteiger partial charge in [0.15, 0.2) is 0 Å². The fourth-order valence-electron chi connectivity index (χ4n) is 1.00. The maximum atomic E-state index is 12.9. The SMILES string of the molecule is NCCCc1ccc(Br)c(F)c1. The zero-order chi connectivity index (χ0) is 8.97. The van der Waals surface area contributed by atoms with Crippen LogP contribution in [0.3, 0.4) is 0 Å². The lowest BCUT2D eigenvalue weighted by molar-refractivity contribution is 0.618. The zero-order valence-corrected chi connectivity index (χ0v) is 8.27. The molecular weight excluding hydrogens is 221 g/mol. The first kappa shape index (κ1) is 9.68. The summed E-state index contributed by atoms with van der Waals surface area (Å²) < 4.78 is 13.4. The van der Waals surface area contributed by atoms with Crippen molar-refractivity contribution in [1.29, 1.82) is 0 Å². The van der Waals surface area contributed by atoms with Gasteiger partial charge in [0.25, 0.3) is 0 Å². The second-order valence-corrected chi connectivity index (χ2v) is 3.50. The Balaban J connectivity index is 2.69. The second-order valence-electron chi connectivity index (χ2n) is 2.64. The molecule has 0 unspecified atom stereocenters. The number of hydrogen-bond acceptors (Lipinski definition) is 1. The minimum atomic E-state index is -0.204. The third-order valence-electron chi connectivity index (χ3n) is 1.65. The summed E-state index contributed by atoms with van der Waals surface area (Å²) >= 11 is 3.10. The number of nitrogens with two attached hydrogens (primary N) is 1. The Morgan fingerprint density at radius 1 is 1.42 bits per heavy atom. The Hall–Kier alpha value is -0.410. The first-order valence-corrected chi connectivity index (χ1v) is 4.67. The van der Waals surface area contributed by atoms with E-state index < -0.39 is 0 Å². The summed E-state index contributed by atoms with van der Waals surface area (Å²) in [5.74, 6) is -0.204. The molecule has 0 saturated heterocycles. The van der Waals surface area contributed by atoms with Gasteiger partial charge in [-0.1, -0.05) is 6.07 Å². The van der Waals surface area contributed by atoms with Crippen molar-refractivity contribution >= 4 is 15.9 Å². The van der Waals surface area contributed by atoms with E-state index in [1.54, 1.807) is 12.1 Å². The summed E-state index contributed by atoms with van der Waals surface area (Å²) in [5, 5.41) is 0. The summed E-state index contributed by atoms with van der Waals surface area (Å²) in [5.41, 5.74) is 6.34. The van der Waals surface area contributed by atoms with Crippen LogP contribution in [0.1, 0.15) is 12.0 Å². The zero-order valence-electron chi connectivity index (χ0n) is 6.69. The fourth-order valence-corrected chi connectivity index (χ4v) is 1.25. The summed E-state index contributed by atoms with van der Waals surface area (Å²) in [6, 6.07) is 5.17. The van der Waals surface area contributed by atoms with Crippen LogP contribution in [0, 0.1) is 5.82 Å². The van der Waals surface area contributed by atoms with Gasteiger partial charge in [0.1, 0.15) is 5.82 Å². The van der Waals surface area contributed by atoms with Gasteiger partial charge in [-0.25, -0.2) is 4.39 Å². The van der Waals surface area contributed by atoms with Crippen LogP contribution in [0.2, 0.25) is 0 Å². The molecule has 0 aliphatic carbocycles. The summed E-state index contributed by atoms with van der Waals surface area (Å²) in [6.45, 7) is 0.650. The quantitative estimate of drug-likeness (QED) is 0.851. The maximum absolute atomic E-state index is 12.9. The van der Waals surface area contributed by atoms with E-state index in [0.717, 1.165) is 18.4 Å². The largest absolute Gasteiger partial charge is 0.330 e. The highest BCUT2D eigenvalue weighted by molar-refractivity contribution is 9.10. The van der Waals surface area contributed by atoms with Gasteiger partial charge in [-0.15, -0.1) is 0 Å². The van der Waals surface area contributed by atoms with Crippen molar-refractivity contribution in [2.45, 2.75) is 12.8 Å². The lowest BCUT2D eigenvalue weighted by Gasteiger charge is -2.00. The van der Waals surface area contributed by atoms with Gasteiger partial charge in [-0.3, -0.25) is 0 Å². The first-order valence-electron chi connectivity index (χ1n) is 3.88. The van der Waals surface area contributed by atoms with Crippen LogP contribution >= 0.6 is 15.9 Å². The molecule has 66 valence electrons. The van der Waals surface area contributed by atoms with Crippen molar-refractivity contribution in [2.24, 2.45) is 5.73 Å². The van der Waals surface area contributed by atoms with E-state index in [-0.39, 0.29) is 5.82 Å². The Bertz CT molecular complexity index is 263. The molecule has 0 saturated carbocycles. The summed E-state index contributed by atoms with van der Waals surface area (Å²) in [4.78, 5) is 0. The lowest BCUT2D eigenvalue weighted by Crippen LogP contribution is -2.00. The Morgan fingerprint density at radius 2 is 2.17 bits per heavy atom. The molecule has 0 spiro atoms. The lowest BCUT2D eigenvalue weighted by atomic mass is 10.1. The molecule has 3 heteroatoms. The van der Waals surface area contributed by atoms with Crippen LogP contribution in [0.25, 0.3) is 0 Å². The number of rotatable bonds is 3. The van der Waals surface area contributed by atoms with Gasteiger partial charge in [0, 0.05) is 0 Å². The standard InChI is InChI=1S/C9H11BrFN/c10-8-4-3-7(2-1-5-12)6-9(8)11/h3-4,6H,1-2,5,12H2.